The summed E-state index contributed by atoms with van der Waals surface area (Å²) in [6, 6.07) is 6.93. The van der Waals surface area contributed by atoms with Gasteiger partial charge in [-0.25, -0.2) is 14.8 Å². The van der Waals surface area contributed by atoms with E-state index in [0.29, 0.717) is 17.1 Å². The van der Waals surface area contributed by atoms with Crippen molar-refractivity contribution in [2.75, 3.05) is 14.2 Å². The molecule has 0 spiro atoms. The summed E-state index contributed by atoms with van der Waals surface area (Å²) in [4.78, 5) is 20.2. The van der Waals surface area contributed by atoms with Crippen molar-refractivity contribution in [3.8, 4) is 17.0 Å². The molecule has 0 fully saturated rings. The van der Waals surface area contributed by atoms with Gasteiger partial charge in [0, 0.05) is 24.2 Å². The summed E-state index contributed by atoms with van der Waals surface area (Å²) in [6.45, 7) is 0. The Hall–Kier alpha value is -2.89. The second-order valence-corrected chi connectivity index (χ2v) is 4.36. The van der Waals surface area contributed by atoms with Crippen molar-refractivity contribution in [2.24, 2.45) is 0 Å². The first kappa shape index (κ1) is 13.1. The fourth-order valence-corrected chi connectivity index (χ4v) is 2.11. The smallest absolute Gasteiger partial charge is 0.337 e. The number of nitrogens with zero attached hydrogens (tertiary/aromatic N) is 3. The molecular formula is C15H13N3O3. The van der Waals surface area contributed by atoms with E-state index in [1.807, 2.05) is 22.9 Å². The van der Waals surface area contributed by atoms with E-state index in [2.05, 4.69) is 9.97 Å². The highest BCUT2D eigenvalue weighted by molar-refractivity contribution is 5.91. The zero-order valence-corrected chi connectivity index (χ0v) is 11.6. The van der Waals surface area contributed by atoms with Crippen LogP contribution < -0.4 is 4.74 Å². The van der Waals surface area contributed by atoms with Gasteiger partial charge in [0.25, 0.3) is 0 Å². The van der Waals surface area contributed by atoms with E-state index in [0.717, 1.165) is 11.3 Å². The highest BCUT2D eigenvalue weighted by atomic mass is 16.5. The Balaban J connectivity index is 2.10. The summed E-state index contributed by atoms with van der Waals surface area (Å²) in [6.07, 6.45) is 5.41. The molecule has 3 rings (SSSR count). The average molecular weight is 283 g/mol. The first-order valence-corrected chi connectivity index (χ1v) is 6.29. The van der Waals surface area contributed by atoms with Gasteiger partial charge in [0.05, 0.1) is 25.5 Å². The lowest BCUT2D eigenvalue weighted by Gasteiger charge is -2.08. The van der Waals surface area contributed by atoms with E-state index in [-0.39, 0.29) is 0 Å². The number of fused-ring (bicyclic) bond motifs is 1. The molecule has 2 aromatic heterocycles. The zero-order valence-electron chi connectivity index (χ0n) is 11.6. The van der Waals surface area contributed by atoms with Crippen LogP contribution in [0.5, 0.6) is 5.75 Å². The zero-order chi connectivity index (χ0) is 14.8. The van der Waals surface area contributed by atoms with Crippen molar-refractivity contribution in [2.45, 2.75) is 0 Å². The van der Waals surface area contributed by atoms with E-state index >= 15 is 0 Å². The third-order valence-corrected chi connectivity index (χ3v) is 3.13. The molecular weight excluding hydrogens is 270 g/mol. The van der Waals surface area contributed by atoms with Crippen LogP contribution in [0.3, 0.4) is 0 Å². The number of carbonyl (C=O) groups is 1. The van der Waals surface area contributed by atoms with Crippen molar-refractivity contribution in [1.82, 2.24) is 14.4 Å². The maximum absolute atomic E-state index is 11.6. The molecule has 1 aromatic carbocycles. The Labute approximate surface area is 121 Å². The van der Waals surface area contributed by atoms with Gasteiger partial charge in [-0.1, -0.05) is 0 Å². The van der Waals surface area contributed by atoms with Crippen molar-refractivity contribution >= 4 is 11.7 Å². The van der Waals surface area contributed by atoms with Crippen LogP contribution in [0, 0.1) is 0 Å². The summed E-state index contributed by atoms with van der Waals surface area (Å²) in [5.41, 5.74) is 1.94. The van der Waals surface area contributed by atoms with Crippen LogP contribution in [0.15, 0.2) is 42.9 Å². The summed E-state index contributed by atoms with van der Waals surface area (Å²) < 4.78 is 11.9. The van der Waals surface area contributed by atoms with Crippen LogP contribution in [0.25, 0.3) is 17.0 Å². The summed E-state index contributed by atoms with van der Waals surface area (Å²) >= 11 is 0. The lowest BCUT2D eigenvalue weighted by Crippen LogP contribution is -2.02. The van der Waals surface area contributed by atoms with E-state index in [1.54, 1.807) is 31.5 Å². The molecule has 0 N–H and O–H groups in total. The molecule has 0 saturated heterocycles. The van der Waals surface area contributed by atoms with Crippen LogP contribution in [0.2, 0.25) is 0 Å². The number of hydrogen-bond acceptors (Lipinski definition) is 5. The molecule has 6 heteroatoms. The first-order chi connectivity index (χ1) is 10.2. The monoisotopic (exact) mass is 283 g/mol. The molecule has 6 nitrogen and oxygen atoms in total. The number of ether oxygens (including phenoxy) is 2. The van der Waals surface area contributed by atoms with Gasteiger partial charge in [0.2, 0.25) is 5.78 Å². The molecule has 0 bridgehead atoms. The lowest BCUT2D eigenvalue weighted by molar-refractivity contribution is 0.0600. The third kappa shape index (κ3) is 2.31. The van der Waals surface area contributed by atoms with Crippen LogP contribution >= 0.6 is 0 Å². The van der Waals surface area contributed by atoms with Gasteiger partial charge in [-0.3, -0.25) is 4.40 Å². The Morgan fingerprint density at radius 3 is 2.86 bits per heavy atom. The maximum atomic E-state index is 11.6. The number of carbonyl (C=O) groups excluding carboxylic acids is 1. The van der Waals surface area contributed by atoms with Crippen LogP contribution in [0.1, 0.15) is 10.4 Å². The number of imidazole rings is 1. The molecule has 21 heavy (non-hydrogen) atoms. The minimum Gasteiger partial charge on any atom is -0.496 e. The molecule has 106 valence electrons. The predicted molar refractivity (Wildman–Crippen MR) is 76.3 cm³/mol. The van der Waals surface area contributed by atoms with Gasteiger partial charge < -0.3 is 9.47 Å². The third-order valence-electron chi connectivity index (χ3n) is 3.13. The summed E-state index contributed by atoms with van der Waals surface area (Å²) in [5, 5.41) is 0. The molecule has 2 heterocycles. The van der Waals surface area contributed by atoms with Crippen molar-refractivity contribution in [3.63, 3.8) is 0 Å². The Bertz CT molecular complexity index is 778. The number of benzene rings is 1. The standard InChI is InChI=1S/C15H13N3O3/c1-20-13-8-10(14(19)21-2)4-5-11(13)12-9-18-7-3-6-16-15(18)17-12/h3-9H,1-2H3. The van der Waals surface area contributed by atoms with Crippen LogP contribution in [0.4, 0.5) is 0 Å². The van der Waals surface area contributed by atoms with Crippen LogP contribution in [-0.4, -0.2) is 34.6 Å². The molecule has 0 radical (unpaired) electrons. The second kappa shape index (κ2) is 5.24. The van der Waals surface area contributed by atoms with Gasteiger partial charge in [-0.15, -0.1) is 0 Å². The minimum atomic E-state index is -0.406. The molecule has 0 saturated carbocycles. The van der Waals surface area contributed by atoms with E-state index in [1.165, 1.54) is 7.11 Å². The number of methoxy groups -OCH3 is 2. The van der Waals surface area contributed by atoms with Crippen LogP contribution in [-0.2, 0) is 4.74 Å². The molecule has 0 amide bonds. The highest BCUT2D eigenvalue weighted by Gasteiger charge is 2.14. The Morgan fingerprint density at radius 1 is 1.29 bits per heavy atom. The molecule has 0 aliphatic carbocycles. The fourth-order valence-electron chi connectivity index (χ4n) is 2.11. The van der Waals surface area contributed by atoms with Crippen molar-refractivity contribution in [1.29, 1.82) is 0 Å². The van der Waals surface area contributed by atoms with Gasteiger partial charge >= 0.3 is 5.97 Å². The van der Waals surface area contributed by atoms with Gasteiger partial charge in [0.1, 0.15) is 5.75 Å². The molecule has 0 atom stereocenters. The van der Waals surface area contributed by atoms with Gasteiger partial charge in [0.15, 0.2) is 0 Å². The molecule has 0 aliphatic rings. The summed E-state index contributed by atoms with van der Waals surface area (Å²) in [7, 11) is 2.89. The first-order valence-electron chi connectivity index (χ1n) is 6.29. The van der Waals surface area contributed by atoms with Gasteiger partial charge in [-0.2, -0.15) is 0 Å². The minimum absolute atomic E-state index is 0.406. The normalized spacial score (nSPS) is 10.6. The number of esters is 1. The highest BCUT2D eigenvalue weighted by Crippen LogP contribution is 2.30. The van der Waals surface area contributed by atoms with Crippen molar-refractivity contribution in [3.05, 3.63) is 48.4 Å². The molecule has 3 aromatic rings. The molecule has 0 aliphatic heterocycles. The van der Waals surface area contributed by atoms with Gasteiger partial charge in [-0.05, 0) is 24.3 Å². The largest absolute Gasteiger partial charge is 0.496 e. The van der Waals surface area contributed by atoms with E-state index in [9.17, 15) is 4.79 Å². The van der Waals surface area contributed by atoms with E-state index in [4.69, 9.17) is 9.47 Å². The predicted octanol–water partition coefficient (Wildman–Crippen LogP) is 2.19. The number of hydrogen-bond donors (Lipinski definition) is 0. The summed E-state index contributed by atoms with van der Waals surface area (Å²) in [5.74, 6) is 0.754. The molecule has 0 unspecified atom stereocenters. The maximum Gasteiger partial charge on any atom is 0.337 e. The number of aromatic nitrogens is 3. The lowest BCUT2D eigenvalue weighted by atomic mass is 10.1. The average Bonchev–Trinajstić information content (AvgIpc) is 2.97. The van der Waals surface area contributed by atoms with Crippen molar-refractivity contribution < 1.29 is 14.3 Å². The topological polar surface area (TPSA) is 65.7 Å². The quantitative estimate of drug-likeness (QED) is 0.689. The Kier molecular flexibility index (Phi) is 3.27. The Morgan fingerprint density at radius 2 is 2.14 bits per heavy atom. The van der Waals surface area contributed by atoms with E-state index < -0.39 is 5.97 Å². The fraction of sp³-hybridized carbons (Fsp3) is 0.133. The number of rotatable bonds is 3. The second-order valence-electron chi connectivity index (χ2n) is 4.36. The SMILES string of the molecule is COC(=O)c1ccc(-c2cn3cccnc3n2)c(OC)c1.